The minimum Gasteiger partial charge on any atom is -0.494 e. The van der Waals surface area contributed by atoms with Crippen molar-refractivity contribution >= 4 is 11.6 Å². The lowest BCUT2D eigenvalue weighted by atomic mass is 10.1. The summed E-state index contributed by atoms with van der Waals surface area (Å²) in [5.41, 5.74) is -0.729. The number of methoxy groups -OCH3 is 1. The van der Waals surface area contributed by atoms with Crippen LogP contribution in [0.4, 0.5) is 4.39 Å². The number of aromatic nitrogens is 2. The fraction of sp³-hybridized carbons (Fsp3) is 0.286. The smallest absolute Gasteiger partial charge is 0.334 e. The Morgan fingerprint density at radius 1 is 1.33 bits per heavy atom. The fourth-order valence-electron chi connectivity index (χ4n) is 2.05. The Morgan fingerprint density at radius 3 is 2.57 bits per heavy atom. The molecule has 0 saturated heterocycles. The molecule has 0 unspecified atom stereocenters. The highest BCUT2D eigenvalue weighted by Crippen LogP contribution is 2.21. The molecule has 2 aromatic rings. The second-order valence-electron chi connectivity index (χ2n) is 4.77. The molecule has 5 nitrogen and oxygen atoms in total. The van der Waals surface area contributed by atoms with Crippen LogP contribution < -0.4 is 16.0 Å². The summed E-state index contributed by atoms with van der Waals surface area (Å²) in [5, 5.41) is 0.0188. The van der Waals surface area contributed by atoms with E-state index < -0.39 is 17.1 Å². The van der Waals surface area contributed by atoms with Gasteiger partial charge in [0.05, 0.1) is 18.4 Å². The molecule has 0 fully saturated rings. The molecule has 1 heterocycles. The zero-order chi connectivity index (χ0) is 15.7. The highest BCUT2D eigenvalue weighted by Gasteiger charge is 2.17. The van der Waals surface area contributed by atoms with Crippen LogP contribution in [0.1, 0.15) is 25.3 Å². The summed E-state index contributed by atoms with van der Waals surface area (Å²) in [4.78, 5) is 26.9. The summed E-state index contributed by atoms with van der Waals surface area (Å²) in [5.74, 6) is -0.806. The average molecular weight is 313 g/mol. The molecule has 1 aromatic heterocycles. The number of hydrogen-bond donors (Lipinski definition) is 1. The maximum absolute atomic E-state index is 13.4. The minimum atomic E-state index is -0.692. The van der Waals surface area contributed by atoms with Gasteiger partial charge in [-0.15, -0.1) is 0 Å². The van der Waals surface area contributed by atoms with Crippen molar-refractivity contribution in [2.45, 2.75) is 19.8 Å². The van der Waals surface area contributed by atoms with Crippen molar-refractivity contribution in [3.05, 3.63) is 55.6 Å². The number of nitrogens with zero attached hydrogens (tertiary/aromatic N) is 1. The fourth-order valence-corrected chi connectivity index (χ4v) is 2.43. The van der Waals surface area contributed by atoms with Crippen LogP contribution in [0.2, 0.25) is 5.15 Å². The number of hydrogen-bond acceptors (Lipinski definition) is 3. The number of benzene rings is 1. The first kappa shape index (κ1) is 15.3. The molecule has 0 aliphatic carbocycles. The lowest BCUT2D eigenvalue weighted by molar-refractivity contribution is 0.386. The second-order valence-corrected chi connectivity index (χ2v) is 5.15. The molecule has 1 N–H and O–H groups in total. The van der Waals surface area contributed by atoms with E-state index in [9.17, 15) is 14.0 Å². The monoisotopic (exact) mass is 312 g/mol. The van der Waals surface area contributed by atoms with E-state index in [4.69, 9.17) is 16.3 Å². The number of nitrogens with one attached hydrogen (secondary N) is 1. The van der Waals surface area contributed by atoms with E-state index in [2.05, 4.69) is 4.98 Å². The van der Waals surface area contributed by atoms with Crippen molar-refractivity contribution in [1.82, 2.24) is 9.55 Å². The van der Waals surface area contributed by atoms with Gasteiger partial charge >= 0.3 is 5.69 Å². The van der Waals surface area contributed by atoms with Gasteiger partial charge in [-0.25, -0.2) is 13.8 Å². The summed E-state index contributed by atoms with van der Waals surface area (Å²) in [6, 6.07) is 3.74. The van der Waals surface area contributed by atoms with Gasteiger partial charge in [-0.3, -0.25) is 9.78 Å². The van der Waals surface area contributed by atoms with Crippen molar-refractivity contribution in [1.29, 1.82) is 0 Å². The molecule has 0 spiro atoms. The Morgan fingerprint density at radius 2 is 2.00 bits per heavy atom. The van der Waals surface area contributed by atoms with E-state index in [1.807, 2.05) is 0 Å². The van der Waals surface area contributed by atoms with E-state index in [0.717, 1.165) is 10.6 Å². The first-order chi connectivity index (χ1) is 9.86. The molecule has 0 amide bonds. The van der Waals surface area contributed by atoms with E-state index >= 15 is 0 Å². The molecular formula is C14H14ClFN2O3. The summed E-state index contributed by atoms with van der Waals surface area (Å²) in [6.07, 6.45) is 0. The van der Waals surface area contributed by atoms with Gasteiger partial charge in [0.2, 0.25) is 0 Å². The third-order valence-electron chi connectivity index (χ3n) is 3.06. The maximum atomic E-state index is 13.4. The van der Waals surface area contributed by atoms with Gasteiger partial charge in [-0.2, -0.15) is 0 Å². The van der Waals surface area contributed by atoms with Gasteiger partial charge in [0.15, 0.2) is 11.6 Å². The topological polar surface area (TPSA) is 64.1 Å². The highest BCUT2D eigenvalue weighted by atomic mass is 35.5. The molecule has 0 bridgehead atoms. The molecule has 112 valence electrons. The summed E-state index contributed by atoms with van der Waals surface area (Å²) in [6.45, 7) is 3.58. The van der Waals surface area contributed by atoms with Crippen LogP contribution in [-0.2, 0) is 0 Å². The lowest BCUT2D eigenvalue weighted by Gasteiger charge is -2.12. The van der Waals surface area contributed by atoms with E-state index in [-0.39, 0.29) is 22.5 Å². The maximum Gasteiger partial charge on any atom is 0.334 e. The predicted molar refractivity (Wildman–Crippen MR) is 78.3 cm³/mol. The number of aromatic amines is 1. The van der Waals surface area contributed by atoms with Gasteiger partial charge in [0.25, 0.3) is 5.56 Å². The predicted octanol–water partition coefficient (Wildman–Crippen LogP) is 2.45. The molecule has 2 rings (SSSR count). The summed E-state index contributed by atoms with van der Waals surface area (Å²) in [7, 11) is 1.30. The Labute approximate surface area is 125 Å². The number of rotatable bonds is 3. The van der Waals surface area contributed by atoms with Gasteiger partial charge in [0.1, 0.15) is 5.15 Å². The Balaban J connectivity index is 2.79. The number of halogens is 2. The van der Waals surface area contributed by atoms with Gasteiger partial charge in [-0.1, -0.05) is 25.4 Å². The Hall–Kier alpha value is -2.08. The van der Waals surface area contributed by atoms with Crippen molar-refractivity contribution in [2.75, 3.05) is 7.11 Å². The highest BCUT2D eigenvalue weighted by molar-refractivity contribution is 6.30. The molecular weight excluding hydrogens is 299 g/mol. The first-order valence-corrected chi connectivity index (χ1v) is 6.63. The SMILES string of the molecule is COc1cc(-n2c(=O)[nH]c(Cl)c(C(C)C)c2=O)ccc1F. The van der Waals surface area contributed by atoms with Crippen molar-refractivity contribution in [3.8, 4) is 11.4 Å². The molecule has 0 atom stereocenters. The normalized spacial score (nSPS) is 11.0. The van der Waals surface area contributed by atoms with Crippen LogP contribution in [0.5, 0.6) is 5.75 Å². The van der Waals surface area contributed by atoms with E-state index in [1.54, 1.807) is 13.8 Å². The van der Waals surface area contributed by atoms with Crippen LogP contribution in [0.25, 0.3) is 5.69 Å². The number of ether oxygens (including phenoxy) is 1. The molecule has 0 aliphatic rings. The molecule has 0 saturated carbocycles. The van der Waals surface area contributed by atoms with Gasteiger partial charge in [-0.05, 0) is 18.1 Å². The van der Waals surface area contributed by atoms with Crippen molar-refractivity contribution in [2.24, 2.45) is 0 Å². The molecule has 1 aromatic carbocycles. The van der Waals surface area contributed by atoms with Crippen LogP contribution in [0.15, 0.2) is 27.8 Å². The van der Waals surface area contributed by atoms with Crippen LogP contribution in [-0.4, -0.2) is 16.7 Å². The average Bonchev–Trinajstić information content (AvgIpc) is 2.39. The Kier molecular flexibility index (Phi) is 4.18. The molecule has 0 aliphatic heterocycles. The van der Waals surface area contributed by atoms with E-state index in [1.165, 1.54) is 19.2 Å². The lowest BCUT2D eigenvalue weighted by Crippen LogP contribution is -2.36. The summed E-state index contributed by atoms with van der Waals surface area (Å²) < 4.78 is 19.2. The van der Waals surface area contributed by atoms with Crippen molar-refractivity contribution < 1.29 is 9.13 Å². The quantitative estimate of drug-likeness (QED) is 0.885. The molecule has 7 heteroatoms. The minimum absolute atomic E-state index is 0.0188. The molecule has 21 heavy (non-hydrogen) atoms. The Bertz CT molecular complexity index is 796. The zero-order valence-electron chi connectivity index (χ0n) is 11.7. The third kappa shape index (κ3) is 2.71. The van der Waals surface area contributed by atoms with Crippen LogP contribution in [0, 0.1) is 5.82 Å². The third-order valence-corrected chi connectivity index (χ3v) is 3.36. The second kappa shape index (κ2) is 5.73. The summed E-state index contributed by atoms with van der Waals surface area (Å²) >= 11 is 5.92. The van der Waals surface area contributed by atoms with Gasteiger partial charge in [0, 0.05) is 6.07 Å². The number of H-pyrrole nitrogens is 1. The first-order valence-electron chi connectivity index (χ1n) is 6.25. The van der Waals surface area contributed by atoms with Gasteiger partial charge < -0.3 is 4.74 Å². The van der Waals surface area contributed by atoms with Crippen molar-refractivity contribution in [3.63, 3.8) is 0 Å². The standard InChI is InChI=1S/C14H14ClFN2O3/c1-7(2)11-12(15)17-14(20)18(13(11)19)8-4-5-9(16)10(6-8)21-3/h4-7H,1-3H3,(H,17,20). The van der Waals surface area contributed by atoms with E-state index in [0.29, 0.717) is 5.56 Å². The molecule has 0 radical (unpaired) electrons. The largest absolute Gasteiger partial charge is 0.494 e. The van der Waals surface area contributed by atoms with Crippen LogP contribution >= 0.6 is 11.6 Å². The zero-order valence-corrected chi connectivity index (χ0v) is 12.5. The van der Waals surface area contributed by atoms with Crippen LogP contribution in [0.3, 0.4) is 0 Å².